The van der Waals surface area contributed by atoms with Gasteiger partial charge in [0, 0.05) is 47.5 Å². The van der Waals surface area contributed by atoms with E-state index < -0.39 is 0 Å². The highest BCUT2D eigenvalue weighted by Gasteiger charge is 2.25. The molecule has 1 aliphatic heterocycles. The van der Waals surface area contributed by atoms with Crippen molar-refractivity contribution in [1.29, 1.82) is 0 Å². The molecule has 5 nitrogen and oxygen atoms in total. The Kier molecular flexibility index (Phi) is 7.22. The zero-order valence-electron chi connectivity index (χ0n) is 21.4. The number of carbonyl (C=O) groups is 2. The molecule has 0 saturated carbocycles. The summed E-state index contributed by atoms with van der Waals surface area (Å²) in [6.45, 7) is 5.34. The number of amides is 2. The van der Waals surface area contributed by atoms with Gasteiger partial charge in [0.1, 0.15) is 11.5 Å². The van der Waals surface area contributed by atoms with E-state index in [0.717, 1.165) is 47.5 Å². The van der Waals surface area contributed by atoms with Gasteiger partial charge in [-0.3, -0.25) is 9.59 Å². The van der Waals surface area contributed by atoms with Crippen LogP contribution in [-0.4, -0.2) is 23.3 Å². The van der Waals surface area contributed by atoms with E-state index in [1.807, 2.05) is 90.7 Å². The van der Waals surface area contributed by atoms with E-state index in [-0.39, 0.29) is 11.8 Å². The molecule has 0 atom stereocenters. The standard InChI is InChI=1S/C32H32N2O3/c1-3-4-6-23-11-15-24(16-12-23)31(35)33-28-8-5-7-26(19-28)30-20-27-21-34(18-17-29(27)37-30)32(36)25-13-9-22(2)10-14-25/h5,7-16,19-20H,3-4,6,17-18,21H2,1-2H3,(H,33,35). The van der Waals surface area contributed by atoms with E-state index >= 15 is 0 Å². The number of aryl methyl sites for hydroxylation is 2. The van der Waals surface area contributed by atoms with Crippen molar-refractivity contribution in [3.8, 4) is 11.3 Å². The van der Waals surface area contributed by atoms with Crippen LogP contribution in [0.4, 0.5) is 5.69 Å². The number of nitrogens with zero attached hydrogens (tertiary/aromatic N) is 1. The topological polar surface area (TPSA) is 62.6 Å². The van der Waals surface area contributed by atoms with E-state index in [9.17, 15) is 9.59 Å². The second-order valence-electron chi connectivity index (χ2n) is 9.74. The highest BCUT2D eigenvalue weighted by molar-refractivity contribution is 6.04. The van der Waals surface area contributed by atoms with Gasteiger partial charge in [0.25, 0.3) is 11.8 Å². The van der Waals surface area contributed by atoms with Crippen LogP contribution in [-0.2, 0) is 19.4 Å². The van der Waals surface area contributed by atoms with Crippen LogP contribution in [0.2, 0.25) is 0 Å². The number of benzene rings is 3. The summed E-state index contributed by atoms with van der Waals surface area (Å²) < 4.78 is 6.18. The monoisotopic (exact) mass is 492 g/mol. The van der Waals surface area contributed by atoms with Gasteiger partial charge >= 0.3 is 0 Å². The lowest BCUT2D eigenvalue weighted by molar-refractivity contribution is 0.0730. The average Bonchev–Trinajstić information content (AvgIpc) is 3.36. The number of nitrogens with one attached hydrogen (secondary N) is 1. The van der Waals surface area contributed by atoms with Gasteiger partial charge in [0.05, 0.1) is 0 Å². The van der Waals surface area contributed by atoms with Crippen LogP contribution in [0.3, 0.4) is 0 Å². The third-order valence-electron chi connectivity index (χ3n) is 6.89. The molecule has 3 aromatic carbocycles. The first-order valence-electron chi connectivity index (χ1n) is 13.0. The van der Waals surface area contributed by atoms with Crippen molar-refractivity contribution in [2.75, 3.05) is 11.9 Å². The lowest BCUT2D eigenvalue weighted by Crippen LogP contribution is -2.35. The molecule has 37 heavy (non-hydrogen) atoms. The molecule has 0 radical (unpaired) electrons. The molecule has 0 fully saturated rings. The molecule has 1 N–H and O–H groups in total. The summed E-state index contributed by atoms with van der Waals surface area (Å²) in [6.07, 6.45) is 4.01. The van der Waals surface area contributed by atoms with Gasteiger partial charge in [-0.1, -0.05) is 55.3 Å². The molecule has 0 aliphatic carbocycles. The Balaban J connectivity index is 1.27. The lowest BCUT2D eigenvalue weighted by Gasteiger charge is -2.26. The maximum Gasteiger partial charge on any atom is 0.255 e. The Bertz CT molecular complexity index is 1400. The molecule has 2 heterocycles. The lowest BCUT2D eigenvalue weighted by atomic mass is 10.1. The van der Waals surface area contributed by atoms with Crippen LogP contribution >= 0.6 is 0 Å². The number of unbranched alkanes of at least 4 members (excludes halogenated alkanes) is 1. The highest BCUT2D eigenvalue weighted by atomic mass is 16.3. The fraction of sp³-hybridized carbons (Fsp3) is 0.250. The van der Waals surface area contributed by atoms with E-state index in [0.29, 0.717) is 36.3 Å². The van der Waals surface area contributed by atoms with E-state index in [1.165, 1.54) is 5.56 Å². The van der Waals surface area contributed by atoms with Gasteiger partial charge < -0.3 is 14.6 Å². The predicted molar refractivity (Wildman–Crippen MR) is 147 cm³/mol. The quantitative estimate of drug-likeness (QED) is 0.301. The van der Waals surface area contributed by atoms with Gasteiger partial charge in [-0.15, -0.1) is 0 Å². The Morgan fingerprint density at radius 1 is 0.946 bits per heavy atom. The fourth-order valence-corrected chi connectivity index (χ4v) is 4.68. The third-order valence-corrected chi connectivity index (χ3v) is 6.89. The molecule has 0 spiro atoms. The molecule has 0 saturated heterocycles. The van der Waals surface area contributed by atoms with E-state index in [4.69, 9.17) is 4.42 Å². The number of rotatable bonds is 7. The fourth-order valence-electron chi connectivity index (χ4n) is 4.68. The average molecular weight is 493 g/mol. The molecule has 188 valence electrons. The van der Waals surface area contributed by atoms with Gasteiger partial charge in [-0.05, 0) is 67.8 Å². The number of fused-ring (bicyclic) bond motifs is 1. The van der Waals surface area contributed by atoms with Crippen molar-refractivity contribution in [2.45, 2.75) is 46.1 Å². The minimum atomic E-state index is -0.136. The van der Waals surface area contributed by atoms with Gasteiger partial charge in [-0.2, -0.15) is 0 Å². The molecule has 1 aliphatic rings. The molecule has 0 bridgehead atoms. The molecule has 1 aromatic heterocycles. The van der Waals surface area contributed by atoms with E-state index in [2.05, 4.69) is 12.2 Å². The summed E-state index contributed by atoms with van der Waals surface area (Å²) in [5, 5.41) is 3.00. The van der Waals surface area contributed by atoms with Crippen molar-refractivity contribution in [3.05, 3.63) is 112 Å². The zero-order chi connectivity index (χ0) is 25.8. The number of furan rings is 1. The maximum atomic E-state index is 13.0. The molecule has 5 heteroatoms. The molecule has 5 rings (SSSR count). The molecular weight excluding hydrogens is 460 g/mol. The smallest absolute Gasteiger partial charge is 0.255 e. The Hall–Kier alpha value is -4.12. The van der Waals surface area contributed by atoms with Crippen LogP contribution in [0.1, 0.15) is 62.9 Å². The Morgan fingerprint density at radius 2 is 1.70 bits per heavy atom. The van der Waals surface area contributed by atoms with Gasteiger partial charge in [-0.25, -0.2) is 0 Å². The zero-order valence-corrected chi connectivity index (χ0v) is 21.4. The third kappa shape index (κ3) is 5.67. The second kappa shape index (κ2) is 10.9. The summed E-state index contributed by atoms with van der Waals surface area (Å²) in [5.74, 6) is 1.56. The number of carbonyl (C=O) groups excluding carboxylic acids is 2. The largest absolute Gasteiger partial charge is 0.461 e. The molecular formula is C32H32N2O3. The minimum Gasteiger partial charge on any atom is -0.461 e. The summed E-state index contributed by atoms with van der Waals surface area (Å²) in [5.41, 5.74) is 6.35. The van der Waals surface area contributed by atoms with Crippen LogP contribution in [0.15, 0.2) is 83.3 Å². The van der Waals surface area contributed by atoms with Crippen LogP contribution < -0.4 is 5.32 Å². The first kappa shape index (κ1) is 24.6. The highest BCUT2D eigenvalue weighted by Crippen LogP contribution is 2.31. The predicted octanol–water partition coefficient (Wildman–Crippen LogP) is 7.05. The number of hydrogen-bond acceptors (Lipinski definition) is 3. The summed E-state index contributed by atoms with van der Waals surface area (Å²) in [6, 6.07) is 25.2. The first-order chi connectivity index (χ1) is 18.0. The first-order valence-corrected chi connectivity index (χ1v) is 13.0. The van der Waals surface area contributed by atoms with Gasteiger partial charge in [0.15, 0.2) is 0 Å². The molecule has 4 aromatic rings. The van der Waals surface area contributed by atoms with Crippen LogP contribution in [0, 0.1) is 6.92 Å². The van der Waals surface area contributed by atoms with Crippen LogP contribution in [0.5, 0.6) is 0 Å². The normalized spacial score (nSPS) is 12.8. The van der Waals surface area contributed by atoms with Crippen molar-refractivity contribution in [3.63, 3.8) is 0 Å². The SMILES string of the molecule is CCCCc1ccc(C(=O)Nc2cccc(-c3cc4c(o3)CCN(C(=O)c3ccc(C)cc3)C4)c2)cc1. The summed E-state index contributed by atoms with van der Waals surface area (Å²) in [7, 11) is 0. The van der Waals surface area contributed by atoms with Crippen LogP contribution in [0.25, 0.3) is 11.3 Å². The Morgan fingerprint density at radius 3 is 2.46 bits per heavy atom. The summed E-state index contributed by atoms with van der Waals surface area (Å²) in [4.78, 5) is 27.7. The van der Waals surface area contributed by atoms with Crippen molar-refractivity contribution in [1.82, 2.24) is 4.90 Å². The second-order valence-corrected chi connectivity index (χ2v) is 9.74. The molecule has 0 unspecified atom stereocenters. The Labute approximate surface area is 218 Å². The molecule has 2 amide bonds. The number of hydrogen-bond donors (Lipinski definition) is 1. The number of anilines is 1. The summed E-state index contributed by atoms with van der Waals surface area (Å²) >= 11 is 0. The van der Waals surface area contributed by atoms with E-state index in [1.54, 1.807) is 0 Å². The van der Waals surface area contributed by atoms with Crippen molar-refractivity contribution < 1.29 is 14.0 Å². The minimum absolute atomic E-state index is 0.0384. The van der Waals surface area contributed by atoms with Crippen molar-refractivity contribution in [2.24, 2.45) is 0 Å². The van der Waals surface area contributed by atoms with Crippen molar-refractivity contribution >= 4 is 17.5 Å². The van der Waals surface area contributed by atoms with Gasteiger partial charge in [0.2, 0.25) is 0 Å². The maximum absolute atomic E-state index is 13.0.